The van der Waals surface area contributed by atoms with Gasteiger partial charge in [0.25, 0.3) is 0 Å². The minimum absolute atomic E-state index is 0.0868. The van der Waals surface area contributed by atoms with Crippen LogP contribution in [0.1, 0.15) is 5.56 Å². The number of nitrogens with one attached hydrogen (secondary N) is 2. The molecule has 0 saturated heterocycles. The minimum Gasteiger partial charge on any atom is -0.495 e. The summed E-state index contributed by atoms with van der Waals surface area (Å²) < 4.78 is 44.3. The van der Waals surface area contributed by atoms with Gasteiger partial charge in [-0.15, -0.1) is 5.10 Å². The van der Waals surface area contributed by atoms with Crippen molar-refractivity contribution in [1.29, 1.82) is 0 Å². The first kappa shape index (κ1) is 18.7. The smallest absolute Gasteiger partial charge is 0.418 e. The number of nitrogens with zero attached hydrogens (tertiary/aromatic N) is 3. The first-order chi connectivity index (χ1) is 12.9. The van der Waals surface area contributed by atoms with Gasteiger partial charge in [0, 0.05) is 5.69 Å². The molecule has 1 heterocycles. The van der Waals surface area contributed by atoms with Crippen LogP contribution in [0.25, 0.3) is 0 Å². The fourth-order valence-electron chi connectivity index (χ4n) is 2.27. The van der Waals surface area contributed by atoms with E-state index in [1.54, 1.807) is 18.2 Å². The monoisotopic (exact) mass is 395 g/mol. The van der Waals surface area contributed by atoms with Gasteiger partial charge in [-0.1, -0.05) is 23.7 Å². The lowest BCUT2D eigenvalue weighted by molar-refractivity contribution is -0.136. The Labute approximate surface area is 157 Å². The average molecular weight is 396 g/mol. The molecule has 0 aliphatic heterocycles. The van der Waals surface area contributed by atoms with E-state index in [4.69, 9.17) is 16.3 Å². The van der Waals surface area contributed by atoms with Crippen LogP contribution in [-0.2, 0) is 6.18 Å². The molecule has 0 fully saturated rings. The quantitative estimate of drug-likeness (QED) is 0.630. The fourth-order valence-corrected chi connectivity index (χ4v) is 2.53. The summed E-state index contributed by atoms with van der Waals surface area (Å²) in [6, 6.07) is 10.0. The maximum atomic E-state index is 13.1. The Morgan fingerprint density at radius 3 is 2.56 bits per heavy atom. The molecule has 140 valence electrons. The first-order valence-electron chi connectivity index (χ1n) is 7.60. The van der Waals surface area contributed by atoms with Crippen LogP contribution in [0, 0.1) is 0 Å². The van der Waals surface area contributed by atoms with E-state index in [1.165, 1.54) is 31.5 Å². The topological polar surface area (TPSA) is 72.0 Å². The number of alkyl halides is 3. The second-order valence-corrected chi connectivity index (χ2v) is 5.72. The third kappa shape index (κ3) is 4.56. The molecule has 0 aliphatic rings. The second-order valence-electron chi connectivity index (χ2n) is 5.31. The number of hydrogen-bond acceptors (Lipinski definition) is 6. The van der Waals surface area contributed by atoms with Gasteiger partial charge < -0.3 is 15.4 Å². The van der Waals surface area contributed by atoms with Crippen molar-refractivity contribution < 1.29 is 17.9 Å². The van der Waals surface area contributed by atoms with Gasteiger partial charge in [0.1, 0.15) is 5.75 Å². The zero-order valence-electron chi connectivity index (χ0n) is 13.9. The normalized spacial score (nSPS) is 11.1. The predicted molar refractivity (Wildman–Crippen MR) is 95.8 cm³/mol. The maximum Gasteiger partial charge on any atom is 0.418 e. The van der Waals surface area contributed by atoms with Gasteiger partial charge in [0.15, 0.2) is 5.82 Å². The summed E-state index contributed by atoms with van der Waals surface area (Å²) in [5, 5.41) is 13.4. The summed E-state index contributed by atoms with van der Waals surface area (Å²) in [6.45, 7) is 0. The largest absolute Gasteiger partial charge is 0.495 e. The van der Waals surface area contributed by atoms with Crippen molar-refractivity contribution in [3.8, 4) is 5.75 Å². The molecule has 3 rings (SSSR count). The van der Waals surface area contributed by atoms with Gasteiger partial charge in [-0.3, -0.25) is 0 Å². The molecule has 6 nitrogen and oxygen atoms in total. The summed E-state index contributed by atoms with van der Waals surface area (Å²) in [6.07, 6.45) is -3.17. The van der Waals surface area contributed by atoms with Gasteiger partial charge in [-0.25, -0.2) is 0 Å². The zero-order valence-corrected chi connectivity index (χ0v) is 14.6. The number of hydrogen-bond donors (Lipinski definition) is 2. The lowest BCUT2D eigenvalue weighted by atomic mass is 10.1. The Hall–Kier alpha value is -3.07. The van der Waals surface area contributed by atoms with Crippen LogP contribution >= 0.6 is 11.6 Å². The van der Waals surface area contributed by atoms with Crippen LogP contribution in [0.2, 0.25) is 5.02 Å². The van der Waals surface area contributed by atoms with Gasteiger partial charge >= 0.3 is 6.18 Å². The van der Waals surface area contributed by atoms with Gasteiger partial charge in [0.05, 0.1) is 29.6 Å². The van der Waals surface area contributed by atoms with Crippen LogP contribution in [0.3, 0.4) is 0 Å². The Bertz CT molecular complexity index is 952. The third-order valence-electron chi connectivity index (χ3n) is 3.46. The van der Waals surface area contributed by atoms with Crippen LogP contribution in [0.15, 0.2) is 48.7 Å². The van der Waals surface area contributed by atoms with Gasteiger partial charge in [0.2, 0.25) is 5.95 Å². The molecule has 0 aliphatic carbocycles. The highest BCUT2D eigenvalue weighted by molar-refractivity contribution is 6.32. The zero-order chi connectivity index (χ0) is 19.4. The Morgan fingerprint density at radius 2 is 1.85 bits per heavy atom. The summed E-state index contributed by atoms with van der Waals surface area (Å²) in [4.78, 5) is 4.12. The van der Waals surface area contributed by atoms with Gasteiger partial charge in [-0.2, -0.15) is 23.3 Å². The first-order valence-corrected chi connectivity index (χ1v) is 7.98. The molecule has 2 aromatic carbocycles. The highest BCUT2D eigenvalue weighted by Gasteiger charge is 2.33. The van der Waals surface area contributed by atoms with Crippen molar-refractivity contribution in [2.75, 3.05) is 17.7 Å². The summed E-state index contributed by atoms with van der Waals surface area (Å²) in [5.74, 6) is 0.698. The Morgan fingerprint density at radius 1 is 1.07 bits per heavy atom. The molecule has 10 heteroatoms. The second kappa shape index (κ2) is 7.67. The molecule has 0 spiro atoms. The summed E-state index contributed by atoms with van der Waals surface area (Å²) in [7, 11) is 1.50. The van der Waals surface area contributed by atoms with E-state index >= 15 is 0 Å². The highest BCUT2D eigenvalue weighted by Crippen LogP contribution is 2.35. The Kier molecular flexibility index (Phi) is 5.31. The van der Waals surface area contributed by atoms with Crippen LogP contribution in [0.5, 0.6) is 5.75 Å². The number of para-hydroxylation sites is 1. The molecule has 2 N–H and O–H groups in total. The summed E-state index contributed by atoms with van der Waals surface area (Å²) in [5.41, 5.74) is -0.395. The number of methoxy groups -OCH3 is 1. The molecule has 1 aromatic heterocycles. The number of halogens is 4. The standard InChI is InChI=1S/C17H13ClF3N5O/c1-27-14-7-6-10(8-12(14)18)23-15-9-22-26-16(25-15)24-13-5-3-2-4-11(13)17(19,20)21/h2-9H,1H3,(H2,23,24,25,26). The molecular formula is C17H13ClF3N5O. The molecular weight excluding hydrogens is 383 g/mol. The maximum absolute atomic E-state index is 13.1. The number of benzene rings is 2. The Balaban J connectivity index is 1.82. The van der Waals surface area contributed by atoms with Crippen LogP contribution in [0.4, 0.5) is 36.3 Å². The number of rotatable bonds is 5. The van der Waals surface area contributed by atoms with Crippen LogP contribution < -0.4 is 15.4 Å². The fraction of sp³-hybridized carbons (Fsp3) is 0.118. The SMILES string of the molecule is COc1ccc(Nc2cnnc(Nc3ccccc3C(F)(F)F)n2)cc1Cl. The van der Waals surface area contributed by atoms with Crippen molar-refractivity contribution in [3.05, 3.63) is 59.2 Å². The molecule has 0 unspecified atom stereocenters. The number of aromatic nitrogens is 3. The third-order valence-corrected chi connectivity index (χ3v) is 3.76. The van der Waals surface area contributed by atoms with E-state index < -0.39 is 11.7 Å². The van der Waals surface area contributed by atoms with Crippen molar-refractivity contribution in [2.24, 2.45) is 0 Å². The van der Waals surface area contributed by atoms with E-state index in [0.29, 0.717) is 16.5 Å². The molecule has 0 amide bonds. The van der Waals surface area contributed by atoms with Crippen molar-refractivity contribution >= 4 is 34.7 Å². The number of ether oxygens (including phenoxy) is 1. The number of anilines is 4. The van der Waals surface area contributed by atoms with Crippen molar-refractivity contribution in [3.63, 3.8) is 0 Å². The molecule has 0 bridgehead atoms. The highest BCUT2D eigenvalue weighted by atomic mass is 35.5. The van der Waals surface area contributed by atoms with Gasteiger partial charge in [-0.05, 0) is 30.3 Å². The molecule has 0 radical (unpaired) electrons. The predicted octanol–water partition coefficient (Wildman–Crippen LogP) is 5.04. The van der Waals surface area contributed by atoms with Crippen molar-refractivity contribution in [2.45, 2.75) is 6.18 Å². The van der Waals surface area contributed by atoms with E-state index in [2.05, 4.69) is 25.8 Å². The molecule has 27 heavy (non-hydrogen) atoms. The molecule has 3 aromatic rings. The van der Waals surface area contributed by atoms with E-state index in [1.807, 2.05) is 0 Å². The van der Waals surface area contributed by atoms with E-state index in [-0.39, 0.29) is 17.5 Å². The van der Waals surface area contributed by atoms with E-state index in [9.17, 15) is 13.2 Å². The average Bonchev–Trinajstić information content (AvgIpc) is 2.62. The molecule has 0 atom stereocenters. The lowest BCUT2D eigenvalue weighted by Gasteiger charge is -2.13. The van der Waals surface area contributed by atoms with Crippen molar-refractivity contribution in [1.82, 2.24) is 15.2 Å². The van der Waals surface area contributed by atoms with Crippen LogP contribution in [-0.4, -0.2) is 22.3 Å². The van der Waals surface area contributed by atoms with E-state index in [0.717, 1.165) is 6.07 Å². The summed E-state index contributed by atoms with van der Waals surface area (Å²) >= 11 is 6.06. The molecule has 0 saturated carbocycles. The minimum atomic E-state index is -4.51. The lowest BCUT2D eigenvalue weighted by Crippen LogP contribution is -2.10.